The maximum Gasteiger partial charge on any atom is 0.142 e. The van der Waals surface area contributed by atoms with Crippen LogP contribution >= 0.6 is 11.3 Å². The fourth-order valence-corrected chi connectivity index (χ4v) is 3.70. The highest BCUT2D eigenvalue weighted by Crippen LogP contribution is 2.36. The van der Waals surface area contributed by atoms with Gasteiger partial charge < -0.3 is 5.32 Å². The smallest absolute Gasteiger partial charge is 0.142 e. The lowest BCUT2D eigenvalue weighted by molar-refractivity contribution is 1.22. The first-order valence-electron chi connectivity index (χ1n) is 7.85. The molecule has 2 aromatic heterocycles. The highest BCUT2D eigenvalue weighted by molar-refractivity contribution is 7.21. The van der Waals surface area contributed by atoms with Crippen LogP contribution in [0.25, 0.3) is 20.7 Å². The molecule has 0 saturated heterocycles. The third-order valence-corrected chi connectivity index (χ3v) is 5.13. The number of hydrogen-bond acceptors (Lipinski definition) is 4. The maximum absolute atomic E-state index is 4.46. The van der Waals surface area contributed by atoms with Crippen molar-refractivity contribution in [1.82, 2.24) is 9.97 Å². The van der Waals surface area contributed by atoms with Crippen LogP contribution in [0, 0.1) is 13.8 Å². The molecule has 0 fully saturated rings. The summed E-state index contributed by atoms with van der Waals surface area (Å²) >= 11 is 1.69. The lowest BCUT2D eigenvalue weighted by Crippen LogP contribution is -1.97. The van der Waals surface area contributed by atoms with Gasteiger partial charge in [-0.3, -0.25) is 0 Å². The summed E-state index contributed by atoms with van der Waals surface area (Å²) in [7, 11) is 0. The molecule has 4 heteroatoms. The Morgan fingerprint density at radius 3 is 2.58 bits per heavy atom. The number of nitrogens with one attached hydrogen (secondary N) is 1. The van der Waals surface area contributed by atoms with E-state index in [0.29, 0.717) is 0 Å². The van der Waals surface area contributed by atoms with Crippen molar-refractivity contribution in [3.05, 3.63) is 72.1 Å². The van der Waals surface area contributed by atoms with Crippen molar-refractivity contribution < 1.29 is 0 Å². The van der Waals surface area contributed by atoms with Gasteiger partial charge in [0, 0.05) is 10.6 Å². The molecule has 118 valence electrons. The fourth-order valence-electron chi connectivity index (χ4n) is 2.70. The molecule has 2 aromatic carbocycles. The summed E-state index contributed by atoms with van der Waals surface area (Å²) in [5.41, 5.74) is 4.72. The monoisotopic (exact) mass is 331 g/mol. The van der Waals surface area contributed by atoms with Crippen LogP contribution in [0.4, 0.5) is 11.5 Å². The Labute approximate surface area is 145 Å². The molecule has 0 aliphatic heterocycles. The van der Waals surface area contributed by atoms with E-state index in [1.54, 1.807) is 17.7 Å². The van der Waals surface area contributed by atoms with Gasteiger partial charge in [-0.1, -0.05) is 42.5 Å². The third-order valence-electron chi connectivity index (χ3n) is 4.03. The second kappa shape index (κ2) is 6.06. The Bertz CT molecular complexity index is 1010. The normalized spacial score (nSPS) is 10.9. The van der Waals surface area contributed by atoms with Crippen LogP contribution in [-0.4, -0.2) is 9.97 Å². The maximum atomic E-state index is 4.46. The fraction of sp³-hybridized carbons (Fsp3) is 0.100. The molecular weight excluding hydrogens is 314 g/mol. The quantitative estimate of drug-likeness (QED) is 0.522. The van der Waals surface area contributed by atoms with Crippen LogP contribution in [0.5, 0.6) is 0 Å². The molecule has 4 aromatic rings. The van der Waals surface area contributed by atoms with Gasteiger partial charge in [-0.15, -0.1) is 11.3 Å². The summed E-state index contributed by atoms with van der Waals surface area (Å²) in [5.74, 6) is 0.854. The van der Waals surface area contributed by atoms with Crippen molar-refractivity contribution in [1.29, 1.82) is 0 Å². The van der Waals surface area contributed by atoms with Crippen molar-refractivity contribution in [2.45, 2.75) is 13.8 Å². The minimum Gasteiger partial charge on any atom is -0.339 e. The molecule has 1 N–H and O–H groups in total. The number of hydrogen-bond donors (Lipinski definition) is 1. The summed E-state index contributed by atoms with van der Waals surface area (Å²) < 4.78 is 0. The molecule has 0 unspecified atom stereocenters. The highest BCUT2D eigenvalue weighted by atomic mass is 32.1. The first-order valence-corrected chi connectivity index (χ1v) is 8.66. The third kappa shape index (κ3) is 2.76. The van der Waals surface area contributed by atoms with Crippen LogP contribution in [0.15, 0.2) is 60.9 Å². The van der Waals surface area contributed by atoms with Gasteiger partial charge in [-0.2, -0.15) is 0 Å². The summed E-state index contributed by atoms with van der Waals surface area (Å²) in [6.45, 7) is 4.20. The average Bonchev–Trinajstić information content (AvgIpc) is 3.04. The van der Waals surface area contributed by atoms with E-state index in [9.17, 15) is 0 Å². The second-order valence-corrected chi connectivity index (χ2v) is 6.89. The van der Waals surface area contributed by atoms with Crippen LogP contribution in [0.3, 0.4) is 0 Å². The lowest BCUT2D eigenvalue weighted by Gasteiger charge is -2.10. The van der Waals surface area contributed by atoms with E-state index in [4.69, 9.17) is 0 Å². The van der Waals surface area contributed by atoms with Crippen molar-refractivity contribution in [3.8, 4) is 10.4 Å². The van der Waals surface area contributed by atoms with E-state index in [-0.39, 0.29) is 0 Å². The second-order valence-electron chi connectivity index (χ2n) is 5.86. The van der Waals surface area contributed by atoms with Crippen LogP contribution in [-0.2, 0) is 0 Å². The SMILES string of the molecule is Cc1ccc(C)c(Nc2ncnc3sc(-c4ccccc4)cc23)c1. The van der Waals surface area contributed by atoms with E-state index in [1.165, 1.54) is 21.6 Å². The summed E-state index contributed by atoms with van der Waals surface area (Å²) in [6.07, 6.45) is 1.63. The molecule has 0 bridgehead atoms. The van der Waals surface area contributed by atoms with E-state index in [2.05, 4.69) is 77.7 Å². The van der Waals surface area contributed by atoms with Crippen LogP contribution in [0.2, 0.25) is 0 Å². The van der Waals surface area contributed by atoms with Gasteiger partial charge in [-0.25, -0.2) is 9.97 Å². The number of benzene rings is 2. The number of aryl methyl sites for hydroxylation is 2. The molecule has 3 nitrogen and oxygen atoms in total. The molecule has 0 spiro atoms. The number of anilines is 2. The zero-order chi connectivity index (χ0) is 16.5. The first-order chi connectivity index (χ1) is 11.7. The molecule has 0 saturated carbocycles. The predicted octanol–water partition coefficient (Wildman–Crippen LogP) is 5.72. The molecule has 24 heavy (non-hydrogen) atoms. The van der Waals surface area contributed by atoms with Gasteiger partial charge in [0.25, 0.3) is 0 Å². The summed E-state index contributed by atoms with van der Waals surface area (Å²) in [5, 5.41) is 4.53. The van der Waals surface area contributed by atoms with Crippen molar-refractivity contribution >= 4 is 33.1 Å². The predicted molar refractivity (Wildman–Crippen MR) is 102 cm³/mol. The summed E-state index contributed by atoms with van der Waals surface area (Å²) in [4.78, 5) is 11.1. The Kier molecular flexibility index (Phi) is 3.75. The number of nitrogens with zero attached hydrogens (tertiary/aromatic N) is 2. The molecule has 0 aliphatic carbocycles. The zero-order valence-corrected chi connectivity index (χ0v) is 14.4. The molecule has 4 rings (SSSR count). The Balaban J connectivity index is 1.79. The molecule has 0 amide bonds. The molecule has 0 atom stereocenters. The standard InChI is InChI=1S/C20H17N3S/c1-13-8-9-14(2)17(10-13)23-19-16-11-18(15-6-4-3-5-7-15)24-20(16)22-12-21-19/h3-12H,1-2H3,(H,21,22,23). The largest absolute Gasteiger partial charge is 0.339 e. The zero-order valence-electron chi connectivity index (χ0n) is 13.6. The number of thiophene rings is 1. The van der Waals surface area contributed by atoms with E-state index >= 15 is 0 Å². The lowest BCUT2D eigenvalue weighted by atomic mass is 10.1. The Morgan fingerprint density at radius 1 is 0.917 bits per heavy atom. The van der Waals surface area contributed by atoms with E-state index < -0.39 is 0 Å². The van der Waals surface area contributed by atoms with Gasteiger partial charge >= 0.3 is 0 Å². The highest BCUT2D eigenvalue weighted by Gasteiger charge is 2.11. The molecule has 2 heterocycles. The van der Waals surface area contributed by atoms with Crippen LogP contribution in [0.1, 0.15) is 11.1 Å². The summed E-state index contributed by atoms with van der Waals surface area (Å²) in [6, 6.07) is 18.9. The minimum atomic E-state index is 0.854. The van der Waals surface area contributed by atoms with E-state index in [1.807, 2.05) is 6.07 Å². The van der Waals surface area contributed by atoms with Gasteiger partial charge in [0.1, 0.15) is 17.0 Å². The van der Waals surface area contributed by atoms with Crippen molar-refractivity contribution in [2.24, 2.45) is 0 Å². The Morgan fingerprint density at radius 2 is 1.75 bits per heavy atom. The van der Waals surface area contributed by atoms with Gasteiger partial charge in [0.15, 0.2) is 0 Å². The molecule has 0 aliphatic rings. The van der Waals surface area contributed by atoms with Gasteiger partial charge in [0.05, 0.1) is 5.39 Å². The van der Waals surface area contributed by atoms with Crippen molar-refractivity contribution in [3.63, 3.8) is 0 Å². The topological polar surface area (TPSA) is 37.8 Å². The minimum absolute atomic E-state index is 0.854. The molecule has 0 radical (unpaired) electrons. The van der Waals surface area contributed by atoms with Gasteiger partial charge in [0.2, 0.25) is 0 Å². The van der Waals surface area contributed by atoms with Crippen LogP contribution < -0.4 is 5.32 Å². The number of aromatic nitrogens is 2. The Hall–Kier alpha value is -2.72. The molecular formula is C20H17N3S. The van der Waals surface area contributed by atoms with Gasteiger partial charge in [-0.05, 0) is 42.7 Å². The number of rotatable bonds is 3. The number of fused-ring (bicyclic) bond motifs is 1. The average molecular weight is 331 g/mol. The first kappa shape index (κ1) is 14.8. The van der Waals surface area contributed by atoms with Crippen molar-refractivity contribution in [2.75, 3.05) is 5.32 Å². The van der Waals surface area contributed by atoms with E-state index in [0.717, 1.165) is 21.7 Å².